The number of anilines is 2. The van der Waals surface area contributed by atoms with Crippen LogP contribution >= 0.6 is 11.8 Å². The van der Waals surface area contributed by atoms with Crippen LogP contribution in [0.15, 0.2) is 52.3 Å². The van der Waals surface area contributed by atoms with Crippen molar-refractivity contribution in [2.75, 3.05) is 23.1 Å². The normalized spacial score (nSPS) is 19.2. The summed E-state index contributed by atoms with van der Waals surface area (Å²) in [5.41, 5.74) is 1.92. The molecule has 4 rings (SSSR count). The van der Waals surface area contributed by atoms with Gasteiger partial charge in [-0.3, -0.25) is 14.3 Å². The van der Waals surface area contributed by atoms with Crippen molar-refractivity contribution in [3.63, 3.8) is 0 Å². The Morgan fingerprint density at radius 3 is 2.66 bits per heavy atom. The van der Waals surface area contributed by atoms with Crippen LogP contribution in [0, 0.1) is 5.92 Å². The fourth-order valence-electron chi connectivity index (χ4n) is 3.88. The molecule has 0 bridgehead atoms. The Morgan fingerprint density at radius 1 is 1.19 bits per heavy atom. The Morgan fingerprint density at radius 2 is 1.94 bits per heavy atom. The number of amides is 2. The number of nitrogens with one attached hydrogen (secondary N) is 2. The molecule has 0 saturated carbocycles. The highest BCUT2D eigenvalue weighted by Gasteiger charge is 2.37. The van der Waals surface area contributed by atoms with Crippen molar-refractivity contribution in [2.45, 2.75) is 48.2 Å². The molecule has 1 saturated heterocycles. The van der Waals surface area contributed by atoms with E-state index < -0.39 is 21.2 Å². The predicted molar refractivity (Wildman–Crippen MR) is 126 cm³/mol. The van der Waals surface area contributed by atoms with Gasteiger partial charge in [0.25, 0.3) is 10.0 Å². The van der Waals surface area contributed by atoms with E-state index in [1.54, 1.807) is 29.2 Å². The van der Waals surface area contributed by atoms with Crippen LogP contribution < -0.4 is 10.0 Å². The van der Waals surface area contributed by atoms with Crippen molar-refractivity contribution < 1.29 is 18.0 Å². The molecule has 2 aliphatic rings. The second-order valence-electron chi connectivity index (χ2n) is 8.31. The molecule has 1 fully saturated rings. The number of carbonyl (C=O) groups is 2. The fourth-order valence-corrected chi connectivity index (χ4v) is 6.01. The summed E-state index contributed by atoms with van der Waals surface area (Å²) < 4.78 is 28.4. The molecule has 0 aromatic heterocycles. The maximum absolute atomic E-state index is 12.9. The molecule has 32 heavy (non-hydrogen) atoms. The molecule has 0 spiro atoms. The minimum absolute atomic E-state index is 0.0499. The van der Waals surface area contributed by atoms with Crippen LogP contribution in [0.3, 0.4) is 0 Å². The number of hydrogen-bond donors (Lipinski definition) is 2. The lowest BCUT2D eigenvalue weighted by atomic mass is 9.99. The van der Waals surface area contributed by atoms with E-state index in [2.05, 4.69) is 17.0 Å². The molecular formula is C23H27N3O4S2. The van der Waals surface area contributed by atoms with E-state index in [9.17, 15) is 18.0 Å². The highest BCUT2D eigenvalue weighted by atomic mass is 32.2. The largest absolute Gasteiger partial charge is 0.341 e. The van der Waals surface area contributed by atoms with Crippen LogP contribution in [0.4, 0.5) is 11.4 Å². The van der Waals surface area contributed by atoms with Gasteiger partial charge in [0, 0.05) is 23.7 Å². The maximum atomic E-state index is 12.9. The summed E-state index contributed by atoms with van der Waals surface area (Å²) in [4.78, 5) is 28.1. The first-order valence-electron chi connectivity index (χ1n) is 10.8. The van der Waals surface area contributed by atoms with Gasteiger partial charge in [0.15, 0.2) is 5.25 Å². The number of rotatable bonds is 5. The van der Waals surface area contributed by atoms with E-state index in [1.807, 2.05) is 13.0 Å². The zero-order chi connectivity index (χ0) is 22.9. The van der Waals surface area contributed by atoms with Gasteiger partial charge in [0.05, 0.1) is 10.6 Å². The Balaban J connectivity index is 1.51. The lowest BCUT2D eigenvalue weighted by Gasteiger charge is -2.33. The first kappa shape index (κ1) is 22.7. The molecular weight excluding hydrogens is 446 g/mol. The number of hydrogen-bond acceptors (Lipinski definition) is 5. The van der Waals surface area contributed by atoms with Crippen molar-refractivity contribution in [1.29, 1.82) is 0 Å². The average molecular weight is 474 g/mol. The minimum atomic E-state index is -3.83. The van der Waals surface area contributed by atoms with Gasteiger partial charge in [-0.2, -0.15) is 0 Å². The molecule has 2 aromatic rings. The third kappa shape index (κ3) is 4.78. The zero-order valence-electron chi connectivity index (χ0n) is 18.1. The highest BCUT2D eigenvalue weighted by molar-refractivity contribution is 8.01. The van der Waals surface area contributed by atoms with Gasteiger partial charge >= 0.3 is 0 Å². The zero-order valence-corrected chi connectivity index (χ0v) is 19.8. The molecule has 2 heterocycles. The summed E-state index contributed by atoms with van der Waals surface area (Å²) in [6, 6.07) is 11.8. The topological polar surface area (TPSA) is 95.6 Å². The fraction of sp³-hybridized carbons (Fsp3) is 0.391. The van der Waals surface area contributed by atoms with E-state index in [1.165, 1.54) is 23.9 Å². The molecule has 0 unspecified atom stereocenters. The smallest absolute Gasteiger partial charge is 0.261 e. The van der Waals surface area contributed by atoms with Gasteiger partial charge in [-0.05, 0) is 61.1 Å². The Hall–Kier alpha value is -2.52. The van der Waals surface area contributed by atoms with Gasteiger partial charge in [-0.1, -0.05) is 26.0 Å². The second-order valence-corrected chi connectivity index (χ2v) is 11.1. The molecule has 2 amide bonds. The minimum Gasteiger partial charge on any atom is -0.341 e. The van der Waals surface area contributed by atoms with Crippen molar-refractivity contribution in [3.8, 4) is 0 Å². The van der Waals surface area contributed by atoms with Crippen LogP contribution in [0.25, 0.3) is 0 Å². The summed E-state index contributed by atoms with van der Waals surface area (Å²) >= 11 is 1.18. The summed E-state index contributed by atoms with van der Waals surface area (Å²) in [6.45, 7) is 5.50. The van der Waals surface area contributed by atoms with Crippen LogP contribution in [-0.4, -0.2) is 43.5 Å². The Bertz CT molecular complexity index is 1140. The van der Waals surface area contributed by atoms with E-state index in [-0.39, 0.29) is 10.8 Å². The molecule has 2 N–H and O–H groups in total. The van der Waals surface area contributed by atoms with Crippen molar-refractivity contribution in [1.82, 2.24) is 4.90 Å². The molecule has 0 aliphatic carbocycles. The highest BCUT2D eigenvalue weighted by Crippen LogP contribution is 2.38. The average Bonchev–Trinajstić information content (AvgIpc) is 2.78. The number of fused-ring (bicyclic) bond motifs is 1. The molecule has 2 aromatic carbocycles. The van der Waals surface area contributed by atoms with E-state index >= 15 is 0 Å². The third-order valence-electron chi connectivity index (χ3n) is 5.91. The summed E-state index contributed by atoms with van der Waals surface area (Å²) in [7, 11) is -3.83. The Labute approximate surface area is 193 Å². The van der Waals surface area contributed by atoms with Crippen molar-refractivity contribution >= 4 is 45.0 Å². The second kappa shape index (κ2) is 9.15. The lowest BCUT2D eigenvalue weighted by molar-refractivity contribution is -0.135. The molecule has 2 aliphatic heterocycles. The lowest BCUT2D eigenvalue weighted by Crippen LogP contribution is -2.47. The summed E-state index contributed by atoms with van der Waals surface area (Å²) in [5.74, 6) is -0.00506. The molecule has 9 heteroatoms. The third-order valence-corrected chi connectivity index (χ3v) is 8.55. The van der Waals surface area contributed by atoms with Crippen LogP contribution in [0.2, 0.25) is 0 Å². The van der Waals surface area contributed by atoms with Crippen LogP contribution in [0.5, 0.6) is 0 Å². The monoisotopic (exact) mass is 473 g/mol. The number of likely N-dealkylation sites (tertiary alicyclic amines) is 1. The first-order chi connectivity index (χ1) is 15.3. The molecule has 1 atom stereocenters. The van der Waals surface area contributed by atoms with Gasteiger partial charge in [0.2, 0.25) is 11.8 Å². The number of sulfonamides is 1. The van der Waals surface area contributed by atoms with Gasteiger partial charge < -0.3 is 10.2 Å². The number of carbonyl (C=O) groups excluding carboxylic acids is 2. The van der Waals surface area contributed by atoms with Crippen LogP contribution in [0.1, 0.15) is 32.3 Å². The first-order valence-corrected chi connectivity index (χ1v) is 13.1. The predicted octanol–water partition coefficient (Wildman–Crippen LogP) is 3.72. The standard InChI is InChI=1S/C23H27N3O4S2/c1-3-16-5-4-6-17(13-16)25-32(29,30)18-7-8-20-19(14-18)24-22(27)21(31-20)23(28)26-11-9-15(2)10-12-26/h4-8,13-15,21,25H,3,9-12H2,1-2H3,(H,24,27)/t21-/m0/s1. The van der Waals surface area contributed by atoms with E-state index in [0.717, 1.165) is 24.8 Å². The number of benzene rings is 2. The molecule has 170 valence electrons. The number of nitrogens with zero attached hydrogens (tertiary/aromatic N) is 1. The molecule has 0 radical (unpaired) electrons. The number of aryl methyl sites for hydroxylation is 1. The van der Waals surface area contributed by atoms with Crippen molar-refractivity contribution in [2.24, 2.45) is 5.92 Å². The maximum Gasteiger partial charge on any atom is 0.261 e. The quantitative estimate of drug-likeness (QED) is 0.646. The summed E-state index contributed by atoms with van der Waals surface area (Å²) in [6.07, 6.45) is 2.68. The molecule has 7 nitrogen and oxygen atoms in total. The number of piperidine rings is 1. The Kier molecular flexibility index (Phi) is 6.48. The van der Waals surface area contributed by atoms with Gasteiger partial charge in [-0.15, -0.1) is 11.8 Å². The number of thioether (sulfide) groups is 1. The van der Waals surface area contributed by atoms with Crippen molar-refractivity contribution in [3.05, 3.63) is 48.0 Å². The summed E-state index contributed by atoms with van der Waals surface area (Å²) in [5, 5.41) is 1.88. The SMILES string of the molecule is CCc1cccc(NS(=O)(=O)c2ccc3c(c2)NC(=O)[C@@H](C(=O)N2CCC(C)CC2)S3)c1. The van der Waals surface area contributed by atoms with Crippen LogP contribution in [-0.2, 0) is 26.0 Å². The van der Waals surface area contributed by atoms with E-state index in [0.29, 0.717) is 35.3 Å². The van der Waals surface area contributed by atoms with E-state index in [4.69, 9.17) is 0 Å². The van der Waals surface area contributed by atoms with Gasteiger partial charge in [-0.25, -0.2) is 8.42 Å². The van der Waals surface area contributed by atoms with Gasteiger partial charge in [0.1, 0.15) is 0 Å².